The zero-order chi connectivity index (χ0) is 26.1. The van der Waals surface area contributed by atoms with E-state index in [1.165, 1.54) is 13.3 Å². The molecule has 0 radical (unpaired) electrons. The molecule has 12 heteroatoms. The van der Waals surface area contributed by atoms with E-state index in [0.717, 1.165) is 18.9 Å². The number of carbonyl (C=O) groups is 2. The van der Waals surface area contributed by atoms with E-state index in [0.29, 0.717) is 25.3 Å². The highest BCUT2D eigenvalue weighted by Gasteiger charge is 2.33. The van der Waals surface area contributed by atoms with Gasteiger partial charge in [0.2, 0.25) is 5.43 Å². The summed E-state index contributed by atoms with van der Waals surface area (Å²) in [5.74, 6) is -2.78. The maximum absolute atomic E-state index is 14.9. The third kappa shape index (κ3) is 5.59. The van der Waals surface area contributed by atoms with E-state index in [-0.39, 0.29) is 34.4 Å². The molecule has 0 bridgehead atoms. The lowest BCUT2D eigenvalue weighted by atomic mass is 9.98. The molecule has 2 aromatic heterocycles. The third-order valence-corrected chi connectivity index (χ3v) is 5.81. The number of nitrogens with zero attached hydrogens (tertiary/aromatic N) is 4. The molecule has 1 atom stereocenters. The Labute approximate surface area is 201 Å². The lowest BCUT2D eigenvalue weighted by Crippen LogP contribution is -2.26. The van der Waals surface area contributed by atoms with Gasteiger partial charge in [-0.2, -0.15) is 0 Å². The van der Waals surface area contributed by atoms with Gasteiger partial charge in [-0.1, -0.05) is 5.16 Å². The van der Waals surface area contributed by atoms with E-state index < -0.39 is 28.6 Å². The Hall–Kier alpha value is -3.54. The second kappa shape index (κ2) is 9.98. The minimum Gasteiger partial charge on any atom is -0.481 e. The first-order valence-corrected chi connectivity index (χ1v) is 11.2. The molecule has 1 aliphatic heterocycles. The van der Waals surface area contributed by atoms with Gasteiger partial charge in [0.05, 0.1) is 23.1 Å². The number of fused-ring (bicyclic) bond motifs is 1. The zero-order valence-corrected chi connectivity index (χ0v) is 20.1. The number of nitrogens with two attached hydrogens (primary N) is 1. The SMILES string of the molecule is CC(C)(C)C(=O)O.CO/N=C1\CN(c2nc3c(cc2F)c(=O)c(C(=O)O)cn3C2CC2)CC1CN. The average molecular weight is 492 g/mol. The third-order valence-electron chi connectivity index (χ3n) is 5.81. The molecule has 0 aromatic carbocycles. The summed E-state index contributed by atoms with van der Waals surface area (Å²) in [7, 11) is 1.44. The van der Waals surface area contributed by atoms with E-state index in [2.05, 4.69) is 10.1 Å². The van der Waals surface area contributed by atoms with Crippen LogP contribution in [0, 0.1) is 17.2 Å². The molecule has 2 aliphatic rings. The Morgan fingerprint density at radius 3 is 2.43 bits per heavy atom. The fourth-order valence-corrected chi connectivity index (χ4v) is 3.60. The molecule has 11 nitrogen and oxygen atoms in total. The van der Waals surface area contributed by atoms with Gasteiger partial charge in [-0.05, 0) is 39.7 Å². The highest BCUT2D eigenvalue weighted by Crippen LogP contribution is 2.37. The van der Waals surface area contributed by atoms with Gasteiger partial charge in [0.1, 0.15) is 18.3 Å². The number of hydrogen-bond donors (Lipinski definition) is 3. The van der Waals surface area contributed by atoms with Crippen LogP contribution in [-0.4, -0.2) is 64.2 Å². The van der Waals surface area contributed by atoms with Crippen LogP contribution < -0.4 is 16.1 Å². The van der Waals surface area contributed by atoms with Gasteiger partial charge in [-0.3, -0.25) is 9.59 Å². The Morgan fingerprint density at radius 1 is 1.31 bits per heavy atom. The lowest BCUT2D eigenvalue weighted by Gasteiger charge is -2.19. The number of aromatic nitrogens is 2. The second-order valence-electron chi connectivity index (χ2n) is 9.61. The van der Waals surface area contributed by atoms with E-state index in [9.17, 15) is 23.9 Å². The smallest absolute Gasteiger partial charge is 0.341 e. The van der Waals surface area contributed by atoms with Gasteiger partial charge in [-0.15, -0.1) is 0 Å². The van der Waals surface area contributed by atoms with Gasteiger partial charge < -0.3 is 30.3 Å². The molecule has 2 aromatic rings. The van der Waals surface area contributed by atoms with Crippen molar-refractivity contribution in [2.45, 2.75) is 39.7 Å². The van der Waals surface area contributed by atoms with Crippen molar-refractivity contribution in [3.63, 3.8) is 0 Å². The molecule has 1 saturated carbocycles. The van der Waals surface area contributed by atoms with E-state index in [1.54, 1.807) is 30.2 Å². The minimum absolute atomic E-state index is 0.0339. The molecule has 0 spiro atoms. The number of aromatic carboxylic acids is 1. The molecular weight excluding hydrogens is 461 g/mol. The van der Waals surface area contributed by atoms with Crippen molar-refractivity contribution in [1.29, 1.82) is 0 Å². The van der Waals surface area contributed by atoms with Gasteiger partial charge in [0.25, 0.3) is 0 Å². The van der Waals surface area contributed by atoms with Gasteiger partial charge >= 0.3 is 11.9 Å². The molecule has 3 heterocycles. The van der Waals surface area contributed by atoms with Crippen molar-refractivity contribution >= 4 is 34.5 Å². The van der Waals surface area contributed by atoms with E-state index in [4.69, 9.17) is 15.7 Å². The fourth-order valence-electron chi connectivity index (χ4n) is 3.60. The standard InChI is InChI=1S/C18H20FN5O4.C5H10O2/c1-28-22-14-8-23(6-9(14)5-20)17-13(19)4-11-15(25)12(18(26)27)7-24(10-2-3-10)16(11)21-17;1-5(2,3)4(6)7/h4,7,9-10H,2-3,5-6,8,20H2,1H3,(H,26,27);1-3H3,(H,6,7)/b22-14+;. The van der Waals surface area contributed by atoms with Crippen molar-refractivity contribution in [3.05, 3.63) is 33.9 Å². The van der Waals surface area contributed by atoms with Crippen molar-refractivity contribution in [2.24, 2.45) is 22.2 Å². The summed E-state index contributed by atoms with van der Waals surface area (Å²) in [6, 6.07) is 1.14. The number of carboxylic acid groups (broad SMARTS) is 2. The van der Waals surface area contributed by atoms with E-state index in [1.807, 2.05) is 0 Å². The van der Waals surface area contributed by atoms with E-state index >= 15 is 0 Å². The molecule has 1 unspecified atom stereocenters. The lowest BCUT2D eigenvalue weighted by molar-refractivity contribution is -0.145. The number of halogens is 1. The molecule has 2 fully saturated rings. The quantitative estimate of drug-likeness (QED) is 0.532. The maximum atomic E-state index is 14.9. The van der Waals surface area contributed by atoms with Crippen LogP contribution in [0.1, 0.15) is 50.0 Å². The molecule has 35 heavy (non-hydrogen) atoms. The number of aliphatic carboxylic acids is 1. The van der Waals surface area contributed by atoms with Crippen LogP contribution in [0.2, 0.25) is 0 Å². The highest BCUT2D eigenvalue weighted by molar-refractivity contribution is 5.95. The predicted octanol–water partition coefficient (Wildman–Crippen LogP) is 2.08. The normalized spacial score (nSPS) is 19.0. The number of carboxylic acids is 2. The summed E-state index contributed by atoms with van der Waals surface area (Å²) in [6.07, 6.45) is 3.02. The van der Waals surface area contributed by atoms with Crippen molar-refractivity contribution in [1.82, 2.24) is 9.55 Å². The van der Waals surface area contributed by atoms with Gasteiger partial charge in [0, 0.05) is 31.2 Å². The molecular formula is C23H30FN5O6. The summed E-state index contributed by atoms with van der Waals surface area (Å²) < 4.78 is 16.5. The largest absolute Gasteiger partial charge is 0.481 e. The van der Waals surface area contributed by atoms with Crippen LogP contribution in [0.15, 0.2) is 22.2 Å². The first kappa shape index (κ1) is 26.1. The molecule has 190 valence electrons. The van der Waals surface area contributed by atoms with Crippen molar-refractivity contribution < 1.29 is 29.0 Å². The van der Waals surface area contributed by atoms with Crippen LogP contribution in [0.25, 0.3) is 11.0 Å². The monoisotopic (exact) mass is 491 g/mol. The number of pyridine rings is 2. The van der Waals surface area contributed by atoms with Crippen molar-refractivity contribution in [3.8, 4) is 0 Å². The summed E-state index contributed by atoms with van der Waals surface area (Å²) >= 11 is 0. The number of rotatable bonds is 5. The Kier molecular flexibility index (Phi) is 7.44. The minimum atomic E-state index is -1.34. The fraction of sp³-hybridized carbons (Fsp3) is 0.522. The summed E-state index contributed by atoms with van der Waals surface area (Å²) in [5, 5.41) is 21.5. The van der Waals surface area contributed by atoms with Crippen LogP contribution >= 0.6 is 0 Å². The summed E-state index contributed by atoms with van der Waals surface area (Å²) in [6.45, 7) is 6.06. The van der Waals surface area contributed by atoms with Crippen LogP contribution in [-0.2, 0) is 9.63 Å². The van der Waals surface area contributed by atoms with Gasteiger partial charge in [0.15, 0.2) is 11.6 Å². The Balaban J connectivity index is 0.000000429. The molecule has 0 amide bonds. The summed E-state index contributed by atoms with van der Waals surface area (Å²) in [5.41, 5.74) is 5.07. The Morgan fingerprint density at radius 2 is 1.94 bits per heavy atom. The first-order chi connectivity index (χ1) is 16.4. The first-order valence-electron chi connectivity index (χ1n) is 11.2. The van der Waals surface area contributed by atoms with Crippen LogP contribution in [0.3, 0.4) is 0 Å². The second-order valence-corrected chi connectivity index (χ2v) is 9.61. The van der Waals surface area contributed by atoms with Gasteiger partial charge in [-0.25, -0.2) is 14.2 Å². The topological polar surface area (TPSA) is 160 Å². The van der Waals surface area contributed by atoms with Crippen LogP contribution in [0.4, 0.5) is 10.2 Å². The molecule has 4 rings (SSSR count). The molecule has 1 saturated heterocycles. The maximum Gasteiger partial charge on any atom is 0.341 e. The average Bonchev–Trinajstić information content (AvgIpc) is 3.54. The predicted molar refractivity (Wildman–Crippen MR) is 127 cm³/mol. The number of oxime groups is 1. The Bertz CT molecular complexity index is 1230. The number of anilines is 1. The molecule has 4 N–H and O–H groups in total. The summed E-state index contributed by atoms with van der Waals surface area (Å²) in [4.78, 5) is 44.9. The molecule has 1 aliphatic carbocycles. The zero-order valence-electron chi connectivity index (χ0n) is 20.1. The highest BCUT2D eigenvalue weighted by atomic mass is 19.1. The number of hydrogen-bond acceptors (Lipinski definition) is 8. The van der Waals surface area contributed by atoms with Crippen molar-refractivity contribution in [2.75, 3.05) is 31.6 Å². The van der Waals surface area contributed by atoms with Crippen LogP contribution in [0.5, 0.6) is 0 Å².